The van der Waals surface area contributed by atoms with Crippen LogP contribution in [0, 0.1) is 12.8 Å². The van der Waals surface area contributed by atoms with Crippen LogP contribution >= 0.6 is 0 Å². The third kappa shape index (κ3) is 3.89. The number of aryl methyl sites for hydroxylation is 1. The van der Waals surface area contributed by atoms with Gasteiger partial charge in [-0.25, -0.2) is 13.1 Å². The number of anilines is 1. The predicted octanol–water partition coefficient (Wildman–Crippen LogP) is 2.34. The minimum absolute atomic E-state index is 0.0145. The average Bonchev–Trinajstić information content (AvgIpc) is 3.01. The number of carbonyl (C=O) groups excluding carboxylic acids is 1. The van der Waals surface area contributed by atoms with Gasteiger partial charge in [0.2, 0.25) is 15.9 Å². The second kappa shape index (κ2) is 7.47. The van der Waals surface area contributed by atoms with Gasteiger partial charge in [0.05, 0.1) is 12.0 Å². The summed E-state index contributed by atoms with van der Waals surface area (Å²) in [7, 11) is -2.08. The molecule has 1 fully saturated rings. The minimum Gasteiger partial charge on any atom is -0.496 e. The van der Waals surface area contributed by atoms with E-state index in [4.69, 9.17) is 4.74 Å². The lowest BCUT2D eigenvalue weighted by Crippen LogP contribution is -2.31. The zero-order valence-electron chi connectivity index (χ0n) is 14.8. The normalized spacial score (nSPS) is 17.5. The summed E-state index contributed by atoms with van der Waals surface area (Å²) < 4.78 is 32.8. The number of nitrogens with one attached hydrogen (secondary N) is 1. The van der Waals surface area contributed by atoms with Gasteiger partial charge in [-0.1, -0.05) is 18.2 Å². The number of benzene rings is 2. The van der Waals surface area contributed by atoms with Gasteiger partial charge in [0.15, 0.2) is 0 Å². The fourth-order valence-corrected chi connectivity index (χ4v) is 4.31. The largest absolute Gasteiger partial charge is 0.496 e. The number of hydrogen-bond acceptors (Lipinski definition) is 4. The van der Waals surface area contributed by atoms with E-state index in [0.717, 1.165) is 11.3 Å². The third-order valence-corrected chi connectivity index (χ3v) is 5.93. The number of sulfonamides is 1. The molecule has 0 radical (unpaired) electrons. The first-order chi connectivity index (χ1) is 12.4. The van der Waals surface area contributed by atoms with E-state index < -0.39 is 10.0 Å². The van der Waals surface area contributed by atoms with Gasteiger partial charge in [0.1, 0.15) is 5.75 Å². The molecule has 138 valence electrons. The summed E-state index contributed by atoms with van der Waals surface area (Å²) >= 11 is 0. The molecular weight excluding hydrogens is 352 g/mol. The summed E-state index contributed by atoms with van der Waals surface area (Å²) in [6.45, 7) is 2.53. The van der Waals surface area contributed by atoms with Crippen LogP contribution in [-0.2, 0) is 14.8 Å². The van der Waals surface area contributed by atoms with Crippen LogP contribution in [0.2, 0.25) is 0 Å². The molecule has 0 bridgehead atoms. The summed E-state index contributed by atoms with van der Waals surface area (Å²) in [5.41, 5.74) is 1.59. The second-order valence-corrected chi connectivity index (χ2v) is 8.16. The SMILES string of the molecule is COc1ccc(S(=O)(=O)NC[C@H]2CC(=O)N(c3ccccc3)C2)cc1C. The van der Waals surface area contributed by atoms with Gasteiger partial charge >= 0.3 is 0 Å². The predicted molar refractivity (Wildman–Crippen MR) is 99.8 cm³/mol. The zero-order valence-corrected chi connectivity index (χ0v) is 15.6. The number of amides is 1. The molecule has 7 heteroatoms. The van der Waals surface area contributed by atoms with Crippen molar-refractivity contribution in [2.45, 2.75) is 18.2 Å². The van der Waals surface area contributed by atoms with Gasteiger partial charge in [-0.05, 0) is 48.7 Å². The van der Waals surface area contributed by atoms with Crippen molar-refractivity contribution < 1.29 is 17.9 Å². The maximum Gasteiger partial charge on any atom is 0.240 e. The van der Waals surface area contributed by atoms with Crippen LogP contribution in [0.4, 0.5) is 5.69 Å². The number of carbonyl (C=O) groups is 1. The minimum atomic E-state index is -3.63. The maximum absolute atomic E-state index is 12.5. The summed E-state index contributed by atoms with van der Waals surface area (Å²) in [6.07, 6.45) is 0.332. The Hall–Kier alpha value is -2.38. The van der Waals surface area contributed by atoms with E-state index in [1.807, 2.05) is 30.3 Å². The molecule has 1 saturated heterocycles. The van der Waals surface area contributed by atoms with Crippen LogP contribution in [0.15, 0.2) is 53.4 Å². The fraction of sp³-hybridized carbons (Fsp3) is 0.316. The molecule has 0 spiro atoms. The highest BCUT2D eigenvalue weighted by Crippen LogP contribution is 2.25. The molecule has 1 amide bonds. The zero-order chi connectivity index (χ0) is 18.7. The van der Waals surface area contributed by atoms with Crippen LogP contribution < -0.4 is 14.4 Å². The van der Waals surface area contributed by atoms with E-state index >= 15 is 0 Å². The van der Waals surface area contributed by atoms with Crippen LogP contribution in [0.5, 0.6) is 5.75 Å². The molecule has 2 aromatic carbocycles. The highest BCUT2D eigenvalue weighted by molar-refractivity contribution is 7.89. The van der Waals surface area contributed by atoms with Crippen LogP contribution in [0.3, 0.4) is 0 Å². The van der Waals surface area contributed by atoms with Crippen molar-refractivity contribution in [3.05, 3.63) is 54.1 Å². The first-order valence-corrected chi connectivity index (χ1v) is 9.89. The van der Waals surface area contributed by atoms with Crippen molar-refractivity contribution in [2.75, 3.05) is 25.1 Å². The summed E-state index contributed by atoms with van der Waals surface area (Å²) in [6, 6.07) is 14.2. The van der Waals surface area contributed by atoms with E-state index in [1.54, 1.807) is 31.1 Å². The van der Waals surface area contributed by atoms with Crippen molar-refractivity contribution in [1.29, 1.82) is 0 Å². The molecule has 0 unspecified atom stereocenters. The first-order valence-electron chi connectivity index (χ1n) is 8.40. The van der Waals surface area contributed by atoms with Crippen molar-refractivity contribution in [3.8, 4) is 5.75 Å². The average molecular weight is 374 g/mol. The molecule has 3 rings (SSSR count). The number of para-hydroxylation sites is 1. The number of methoxy groups -OCH3 is 1. The van der Waals surface area contributed by atoms with Crippen molar-refractivity contribution >= 4 is 21.6 Å². The molecule has 6 nitrogen and oxygen atoms in total. The van der Waals surface area contributed by atoms with E-state index in [1.165, 1.54) is 6.07 Å². The van der Waals surface area contributed by atoms with Crippen molar-refractivity contribution in [1.82, 2.24) is 4.72 Å². The molecule has 2 aromatic rings. The van der Waals surface area contributed by atoms with Crippen LogP contribution in [0.1, 0.15) is 12.0 Å². The van der Waals surface area contributed by atoms with Gasteiger partial charge in [0.25, 0.3) is 0 Å². The van der Waals surface area contributed by atoms with E-state index in [9.17, 15) is 13.2 Å². The number of ether oxygens (including phenoxy) is 1. The molecule has 0 aromatic heterocycles. The highest BCUT2D eigenvalue weighted by atomic mass is 32.2. The monoisotopic (exact) mass is 374 g/mol. The Labute approximate surface area is 153 Å². The molecule has 0 aliphatic carbocycles. The standard InChI is InChI=1S/C19H22N2O4S/c1-14-10-17(8-9-18(14)25-2)26(23,24)20-12-15-11-19(22)21(13-15)16-6-4-3-5-7-16/h3-10,15,20H,11-13H2,1-2H3/t15-/m1/s1. The Bertz CT molecular complexity index is 897. The molecule has 1 N–H and O–H groups in total. The molecule has 26 heavy (non-hydrogen) atoms. The summed E-state index contributed by atoms with van der Waals surface area (Å²) in [4.78, 5) is 14.1. The number of nitrogens with zero attached hydrogens (tertiary/aromatic N) is 1. The number of rotatable bonds is 6. The molecular formula is C19H22N2O4S. The van der Waals surface area contributed by atoms with Gasteiger partial charge in [-0.3, -0.25) is 4.79 Å². The maximum atomic E-state index is 12.5. The van der Waals surface area contributed by atoms with Gasteiger partial charge in [0, 0.05) is 25.2 Å². The Kier molecular flexibility index (Phi) is 5.29. The quantitative estimate of drug-likeness (QED) is 0.842. The Balaban J connectivity index is 1.65. The second-order valence-electron chi connectivity index (χ2n) is 6.39. The van der Waals surface area contributed by atoms with Crippen LogP contribution in [0.25, 0.3) is 0 Å². The molecule has 1 aliphatic rings. The van der Waals surface area contributed by atoms with Gasteiger partial charge in [-0.2, -0.15) is 0 Å². The third-order valence-electron chi connectivity index (χ3n) is 4.51. The van der Waals surface area contributed by atoms with E-state index in [0.29, 0.717) is 18.7 Å². The molecule has 1 aliphatic heterocycles. The van der Waals surface area contributed by atoms with Crippen LogP contribution in [-0.4, -0.2) is 34.5 Å². The smallest absolute Gasteiger partial charge is 0.240 e. The number of hydrogen-bond donors (Lipinski definition) is 1. The van der Waals surface area contributed by atoms with Crippen molar-refractivity contribution in [2.24, 2.45) is 5.92 Å². The fourth-order valence-electron chi connectivity index (χ4n) is 3.10. The topological polar surface area (TPSA) is 75.7 Å². The lowest BCUT2D eigenvalue weighted by Gasteiger charge is -2.17. The highest BCUT2D eigenvalue weighted by Gasteiger charge is 2.31. The molecule has 0 saturated carbocycles. The summed E-state index contributed by atoms with van der Waals surface area (Å²) in [5, 5.41) is 0. The Morgan fingerprint density at radius 3 is 2.58 bits per heavy atom. The lowest BCUT2D eigenvalue weighted by atomic mass is 10.1. The summed E-state index contributed by atoms with van der Waals surface area (Å²) in [5.74, 6) is 0.598. The first kappa shape index (κ1) is 18.4. The van der Waals surface area contributed by atoms with E-state index in [2.05, 4.69) is 4.72 Å². The van der Waals surface area contributed by atoms with Crippen molar-refractivity contribution in [3.63, 3.8) is 0 Å². The molecule has 1 heterocycles. The lowest BCUT2D eigenvalue weighted by molar-refractivity contribution is -0.117. The van der Waals surface area contributed by atoms with Gasteiger partial charge in [-0.15, -0.1) is 0 Å². The Morgan fingerprint density at radius 1 is 1.19 bits per heavy atom. The molecule has 1 atom stereocenters. The van der Waals surface area contributed by atoms with Gasteiger partial charge < -0.3 is 9.64 Å². The van der Waals surface area contributed by atoms with E-state index in [-0.39, 0.29) is 23.3 Å². The Morgan fingerprint density at radius 2 is 1.92 bits per heavy atom.